The Bertz CT molecular complexity index is 858. The topological polar surface area (TPSA) is 242 Å². The fourth-order valence-corrected chi connectivity index (χ4v) is 1.45. The maximum Gasteiger partial charge on any atom is 0.394 e. The minimum Gasteiger partial charge on any atom is -0.507 e. The van der Waals surface area contributed by atoms with Crippen LogP contribution in [-0.2, 0) is 10.4 Å². The summed E-state index contributed by atoms with van der Waals surface area (Å²) in [6, 6.07) is 7.77. The van der Waals surface area contributed by atoms with Gasteiger partial charge in [0.1, 0.15) is 22.6 Å². The highest BCUT2D eigenvalue weighted by Crippen LogP contribution is 2.19. The van der Waals surface area contributed by atoms with Crippen molar-refractivity contribution in [3.05, 3.63) is 47.5 Å². The molecular formula is C14H16N2O10S. The number of carboxylic acid groups (broad SMARTS) is 2. The number of hydrogen-bond acceptors (Lipinski definition) is 8. The average Bonchev–Trinajstić information content (AvgIpc) is 2.50. The number of aromatic hydroxyl groups is 2. The quantitative estimate of drug-likeness (QED) is 0.196. The molecule has 148 valence electrons. The first-order valence-corrected chi connectivity index (χ1v) is 7.95. The van der Waals surface area contributed by atoms with Crippen molar-refractivity contribution in [1.29, 1.82) is 0 Å². The Balaban J connectivity index is 0.000000405. The second-order valence-corrected chi connectivity index (χ2v) is 5.51. The molecule has 2 aromatic rings. The molecule has 0 fully saturated rings. The average molecular weight is 404 g/mol. The summed E-state index contributed by atoms with van der Waals surface area (Å²) in [6.07, 6.45) is 0. The molecule has 12 nitrogen and oxygen atoms in total. The van der Waals surface area contributed by atoms with Gasteiger partial charge in [-0.1, -0.05) is 0 Å². The standard InChI is InChI=1S/2C7H7NO3.H2O4S/c2*8-4-1-2-6(9)5(3-4)7(10)11;1-5(2,3)4/h2*1-3,9H,8H2,(H,10,11);(H2,1,2,3,4). The van der Waals surface area contributed by atoms with E-state index in [1.165, 1.54) is 36.4 Å². The van der Waals surface area contributed by atoms with E-state index in [9.17, 15) is 9.59 Å². The number of phenols is 2. The van der Waals surface area contributed by atoms with Gasteiger partial charge in [0.25, 0.3) is 0 Å². The second-order valence-electron chi connectivity index (χ2n) is 4.61. The molecule has 0 radical (unpaired) electrons. The maximum absolute atomic E-state index is 10.4. The molecule has 0 aliphatic carbocycles. The lowest BCUT2D eigenvalue weighted by atomic mass is 10.2. The number of rotatable bonds is 2. The van der Waals surface area contributed by atoms with Gasteiger partial charge in [-0.2, -0.15) is 8.42 Å². The van der Waals surface area contributed by atoms with Gasteiger partial charge in [-0.25, -0.2) is 9.59 Å². The summed E-state index contributed by atoms with van der Waals surface area (Å²) in [5, 5.41) is 34.9. The van der Waals surface area contributed by atoms with Crippen LogP contribution in [0, 0.1) is 0 Å². The molecule has 0 bridgehead atoms. The van der Waals surface area contributed by atoms with Crippen LogP contribution in [0.25, 0.3) is 0 Å². The summed E-state index contributed by atoms with van der Waals surface area (Å²) < 4.78 is 31.6. The van der Waals surface area contributed by atoms with Crippen LogP contribution in [0.5, 0.6) is 11.5 Å². The first kappa shape index (κ1) is 23.4. The van der Waals surface area contributed by atoms with Crippen molar-refractivity contribution in [1.82, 2.24) is 0 Å². The van der Waals surface area contributed by atoms with E-state index in [4.69, 9.17) is 49.4 Å². The number of hydrogen-bond donors (Lipinski definition) is 8. The van der Waals surface area contributed by atoms with Crippen molar-refractivity contribution in [2.45, 2.75) is 0 Å². The van der Waals surface area contributed by atoms with Crippen LogP contribution in [0.15, 0.2) is 36.4 Å². The zero-order valence-electron chi connectivity index (χ0n) is 13.3. The summed E-state index contributed by atoms with van der Waals surface area (Å²) in [5.41, 5.74) is 10.9. The molecule has 10 N–H and O–H groups in total. The Kier molecular flexibility index (Phi) is 8.52. The van der Waals surface area contributed by atoms with Crippen LogP contribution in [0.2, 0.25) is 0 Å². The summed E-state index contributed by atoms with van der Waals surface area (Å²) in [4.78, 5) is 20.7. The molecule has 0 aliphatic heterocycles. The first-order chi connectivity index (χ1) is 12.2. The highest BCUT2D eigenvalue weighted by molar-refractivity contribution is 7.79. The van der Waals surface area contributed by atoms with Crippen LogP contribution < -0.4 is 11.5 Å². The van der Waals surface area contributed by atoms with Crippen molar-refractivity contribution >= 4 is 33.7 Å². The highest BCUT2D eigenvalue weighted by Gasteiger charge is 2.08. The van der Waals surface area contributed by atoms with Crippen LogP contribution in [-0.4, -0.2) is 49.9 Å². The Morgan fingerprint density at radius 2 is 1.00 bits per heavy atom. The second kappa shape index (κ2) is 9.81. The zero-order chi connectivity index (χ0) is 21.4. The van der Waals surface area contributed by atoms with E-state index >= 15 is 0 Å². The van der Waals surface area contributed by atoms with Gasteiger partial charge in [-0.3, -0.25) is 9.11 Å². The molecule has 0 unspecified atom stereocenters. The van der Waals surface area contributed by atoms with Crippen LogP contribution in [0.4, 0.5) is 11.4 Å². The first-order valence-electron chi connectivity index (χ1n) is 6.55. The summed E-state index contributed by atoms with van der Waals surface area (Å²) in [6.45, 7) is 0. The third-order valence-corrected chi connectivity index (χ3v) is 2.50. The summed E-state index contributed by atoms with van der Waals surface area (Å²) in [5.74, 6) is -2.91. The molecule has 0 aromatic heterocycles. The molecule has 0 aliphatic rings. The number of carbonyl (C=O) groups is 2. The van der Waals surface area contributed by atoms with Gasteiger partial charge in [0.05, 0.1) is 0 Å². The Morgan fingerprint density at radius 3 is 1.19 bits per heavy atom. The van der Waals surface area contributed by atoms with Crippen LogP contribution >= 0.6 is 0 Å². The number of anilines is 2. The number of nitrogen functional groups attached to an aromatic ring is 2. The Hall–Kier alpha value is -3.55. The van der Waals surface area contributed by atoms with Gasteiger partial charge in [0, 0.05) is 11.4 Å². The van der Waals surface area contributed by atoms with Gasteiger partial charge < -0.3 is 31.9 Å². The van der Waals surface area contributed by atoms with Gasteiger partial charge >= 0.3 is 22.3 Å². The van der Waals surface area contributed by atoms with Gasteiger partial charge in [0.2, 0.25) is 0 Å². The number of benzene rings is 2. The molecular weight excluding hydrogens is 388 g/mol. The van der Waals surface area contributed by atoms with E-state index in [-0.39, 0.29) is 22.6 Å². The van der Waals surface area contributed by atoms with E-state index in [2.05, 4.69) is 0 Å². The summed E-state index contributed by atoms with van der Waals surface area (Å²) >= 11 is 0. The monoisotopic (exact) mass is 404 g/mol. The fraction of sp³-hybridized carbons (Fsp3) is 0. The van der Waals surface area contributed by atoms with Crippen LogP contribution in [0.3, 0.4) is 0 Å². The lowest BCUT2D eigenvalue weighted by Crippen LogP contribution is -1.97. The SMILES string of the molecule is Nc1ccc(O)c(C(=O)O)c1.Nc1ccc(O)c(C(=O)O)c1.O=S(=O)(O)O. The third kappa shape index (κ3) is 10.1. The third-order valence-electron chi connectivity index (χ3n) is 2.50. The van der Waals surface area contributed by atoms with Gasteiger partial charge in [0.15, 0.2) is 0 Å². The molecule has 0 saturated heterocycles. The van der Waals surface area contributed by atoms with Crippen molar-refractivity contribution in [3.8, 4) is 11.5 Å². The minimum absolute atomic E-state index is 0.176. The molecule has 0 spiro atoms. The van der Waals surface area contributed by atoms with Gasteiger partial charge in [-0.15, -0.1) is 0 Å². The Labute approximate surface area is 152 Å². The predicted molar refractivity (Wildman–Crippen MR) is 93.1 cm³/mol. The van der Waals surface area contributed by atoms with E-state index in [1.54, 1.807) is 0 Å². The smallest absolute Gasteiger partial charge is 0.394 e. The molecule has 0 amide bonds. The van der Waals surface area contributed by atoms with E-state index in [0.29, 0.717) is 11.4 Å². The van der Waals surface area contributed by atoms with Crippen molar-refractivity contribution in [3.63, 3.8) is 0 Å². The molecule has 0 atom stereocenters. The maximum atomic E-state index is 10.4. The summed E-state index contributed by atoms with van der Waals surface area (Å²) in [7, 11) is -4.67. The number of nitrogens with two attached hydrogens (primary N) is 2. The Morgan fingerprint density at radius 1 is 0.741 bits per heavy atom. The zero-order valence-corrected chi connectivity index (χ0v) is 14.2. The van der Waals surface area contributed by atoms with Crippen LogP contribution in [0.1, 0.15) is 20.7 Å². The molecule has 27 heavy (non-hydrogen) atoms. The predicted octanol–water partition coefficient (Wildman–Crippen LogP) is 0.692. The number of aromatic carboxylic acids is 2. The normalized spacial score (nSPS) is 9.85. The largest absolute Gasteiger partial charge is 0.507 e. The lowest BCUT2D eigenvalue weighted by Gasteiger charge is -1.98. The fourth-order valence-electron chi connectivity index (χ4n) is 1.45. The molecule has 0 heterocycles. The lowest BCUT2D eigenvalue weighted by molar-refractivity contribution is 0.0682. The molecule has 13 heteroatoms. The van der Waals surface area contributed by atoms with Crippen molar-refractivity contribution in [2.75, 3.05) is 11.5 Å². The molecule has 0 saturated carbocycles. The highest BCUT2D eigenvalue weighted by atomic mass is 32.3. The number of carboxylic acids is 2. The van der Waals surface area contributed by atoms with E-state index < -0.39 is 22.3 Å². The van der Waals surface area contributed by atoms with Gasteiger partial charge in [-0.05, 0) is 36.4 Å². The van der Waals surface area contributed by atoms with E-state index in [0.717, 1.165) is 0 Å². The van der Waals surface area contributed by atoms with Crippen molar-refractivity contribution in [2.24, 2.45) is 0 Å². The minimum atomic E-state index is -4.67. The molecule has 2 aromatic carbocycles. The molecule has 2 rings (SSSR count). The van der Waals surface area contributed by atoms with Crippen molar-refractivity contribution < 1.29 is 47.5 Å². The van der Waals surface area contributed by atoms with E-state index in [1.807, 2.05) is 0 Å².